The van der Waals surface area contributed by atoms with Crippen molar-refractivity contribution < 1.29 is 18.5 Å². The molecule has 1 aromatic rings. The Hall–Kier alpha value is -1.20. The van der Waals surface area contributed by atoms with Gasteiger partial charge in [-0.2, -0.15) is 0 Å². The quantitative estimate of drug-likeness (QED) is 0.781. The third kappa shape index (κ3) is 3.27. The molecule has 0 N–H and O–H groups in total. The molecule has 0 saturated carbocycles. The fourth-order valence-electron chi connectivity index (χ4n) is 2.40. The number of methoxy groups -OCH3 is 1. The molecule has 0 amide bonds. The average Bonchev–Trinajstić information content (AvgIpc) is 2.84. The van der Waals surface area contributed by atoms with E-state index in [1.165, 1.54) is 7.11 Å². The zero-order valence-corrected chi connectivity index (χ0v) is 12.9. The van der Waals surface area contributed by atoms with Gasteiger partial charge in [0.1, 0.15) is 5.75 Å². The Bertz CT molecular complexity index is 527. The van der Waals surface area contributed by atoms with E-state index in [1.807, 2.05) is 26.0 Å². The molecule has 0 aromatic heterocycles. The van der Waals surface area contributed by atoms with E-state index in [-0.39, 0.29) is 22.9 Å². The summed E-state index contributed by atoms with van der Waals surface area (Å²) >= 11 is 0. The second kappa shape index (κ2) is 6.50. The van der Waals surface area contributed by atoms with Crippen LogP contribution in [0.3, 0.4) is 0 Å². The van der Waals surface area contributed by atoms with Crippen molar-refractivity contribution in [3.8, 4) is 5.75 Å². The van der Waals surface area contributed by atoms with Gasteiger partial charge in [-0.15, -0.1) is 0 Å². The molecule has 20 heavy (non-hydrogen) atoms. The highest BCUT2D eigenvalue weighted by molar-refractivity contribution is 7.86. The second-order valence-corrected chi connectivity index (χ2v) is 6.71. The predicted molar refractivity (Wildman–Crippen MR) is 78.9 cm³/mol. The van der Waals surface area contributed by atoms with Crippen LogP contribution in [0.25, 0.3) is 0 Å². The summed E-state index contributed by atoms with van der Waals surface area (Å²) in [4.78, 5) is 12.3. The molecule has 5 heteroatoms. The van der Waals surface area contributed by atoms with Gasteiger partial charge in [0.25, 0.3) is 0 Å². The standard InChI is InChI=1S/C15H20O4S/c1-10-4-5-12(14(8-10)18-3)13(16)9-20(17)15-6-7-19-11(15)2/h4-5,8,11,15H,6-7,9H2,1-3H3. The largest absolute Gasteiger partial charge is 0.496 e. The summed E-state index contributed by atoms with van der Waals surface area (Å²) in [7, 11) is 0.335. The summed E-state index contributed by atoms with van der Waals surface area (Å²) in [6, 6.07) is 5.42. The summed E-state index contributed by atoms with van der Waals surface area (Å²) in [5.74, 6) is 0.430. The molecule has 0 aliphatic carbocycles. The van der Waals surface area contributed by atoms with Crippen LogP contribution in [-0.4, -0.2) is 40.8 Å². The Morgan fingerprint density at radius 2 is 2.25 bits per heavy atom. The average molecular weight is 296 g/mol. The number of aryl methyl sites for hydroxylation is 1. The normalized spacial score (nSPS) is 23.6. The van der Waals surface area contributed by atoms with E-state index in [2.05, 4.69) is 0 Å². The highest BCUT2D eigenvalue weighted by Gasteiger charge is 2.31. The van der Waals surface area contributed by atoms with Crippen molar-refractivity contribution in [2.24, 2.45) is 0 Å². The minimum atomic E-state index is -1.20. The topological polar surface area (TPSA) is 52.6 Å². The second-order valence-electron chi connectivity index (χ2n) is 5.06. The fraction of sp³-hybridized carbons (Fsp3) is 0.533. The Labute approximate surface area is 121 Å². The van der Waals surface area contributed by atoms with E-state index in [4.69, 9.17) is 9.47 Å². The summed E-state index contributed by atoms with van der Waals surface area (Å²) in [6.45, 7) is 4.47. The number of carbonyl (C=O) groups is 1. The van der Waals surface area contributed by atoms with Gasteiger partial charge in [-0.3, -0.25) is 9.00 Å². The van der Waals surface area contributed by atoms with Gasteiger partial charge in [0.15, 0.2) is 5.78 Å². The van der Waals surface area contributed by atoms with E-state index in [9.17, 15) is 9.00 Å². The number of Topliss-reactive ketones (excluding diaryl/α,β-unsaturated/α-hetero) is 1. The zero-order chi connectivity index (χ0) is 14.7. The lowest BCUT2D eigenvalue weighted by molar-refractivity contribution is 0.101. The van der Waals surface area contributed by atoms with Gasteiger partial charge in [-0.1, -0.05) is 6.07 Å². The van der Waals surface area contributed by atoms with Crippen LogP contribution < -0.4 is 4.74 Å². The minimum Gasteiger partial charge on any atom is -0.496 e. The number of ether oxygens (including phenoxy) is 2. The van der Waals surface area contributed by atoms with E-state index >= 15 is 0 Å². The molecule has 2 rings (SSSR count). The first kappa shape index (κ1) is 15.2. The number of hydrogen-bond donors (Lipinski definition) is 0. The lowest BCUT2D eigenvalue weighted by Gasteiger charge is -2.14. The molecular weight excluding hydrogens is 276 g/mol. The van der Waals surface area contributed by atoms with Crippen molar-refractivity contribution in [2.45, 2.75) is 31.6 Å². The molecule has 1 aliphatic heterocycles. The highest BCUT2D eigenvalue weighted by Crippen LogP contribution is 2.23. The summed E-state index contributed by atoms with van der Waals surface area (Å²) in [6.07, 6.45) is 0.718. The maximum Gasteiger partial charge on any atom is 0.179 e. The molecule has 3 unspecified atom stereocenters. The molecule has 1 saturated heterocycles. The first-order valence-electron chi connectivity index (χ1n) is 6.69. The van der Waals surface area contributed by atoms with E-state index < -0.39 is 10.8 Å². The van der Waals surface area contributed by atoms with Crippen LogP contribution in [0.15, 0.2) is 18.2 Å². The third-order valence-corrected chi connectivity index (χ3v) is 5.42. The van der Waals surface area contributed by atoms with Crippen molar-refractivity contribution in [3.63, 3.8) is 0 Å². The van der Waals surface area contributed by atoms with Crippen LogP contribution in [0.4, 0.5) is 0 Å². The lowest BCUT2D eigenvalue weighted by Crippen LogP contribution is -2.27. The lowest BCUT2D eigenvalue weighted by atomic mass is 10.1. The molecule has 0 spiro atoms. The monoisotopic (exact) mass is 296 g/mol. The predicted octanol–water partition coefficient (Wildman–Crippen LogP) is 2.11. The highest BCUT2D eigenvalue weighted by atomic mass is 32.2. The molecule has 1 aliphatic rings. The third-order valence-electron chi connectivity index (χ3n) is 3.58. The van der Waals surface area contributed by atoms with E-state index in [0.29, 0.717) is 17.9 Å². The van der Waals surface area contributed by atoms with Gasteiger partial charge in [-0.05, 0) is 38.0 Å². The SMILES string of the molecule is COc1cc(C)ccc1C(=O)CS(=O)C1CCOC1C. The van der Waals surface area contributed by atoms with Crippen LogP contribution in [0, 0.1) is 6.92 Å². The van der Waals surface area contributed by atoms with E-state index in [0.717, 1.165) is 12.0 Å². The molecule has 0 radical (unpaired) electrons. The van der Waals surface area contributed by atoms with Gasteiger partial charge in [0.2, 0.25) is 0 Å². The molecule has 1 aromatic carbocycles. The molecule has 1 heterocycles. The Kier molecular flexibility index (Phi) is 4.94. The van der Waals surface area contributed by atoms with Crippen molar-refractivity contribution in [1.29, 1.82) is 0 Å². The number of hydrogen-bond acceptors (Lipinski definition) is 4. The van der Waals surface area contributed by atoms with Crippen LogP contribution in [0.1, 0.15) is 29.3 Å². The minimum absolute atomic E-state index is 0.0256. The number of rotatable bonds is 5. The van der Waals surface area contributed by atoms with Gasteiger partial charge in [0, 0.05) is 17.4 Å². The Morgan fingerprint density at radius 3 is 2.85 bits per heavy atom. The molecule has 1 fully saturated rings. The van der Waals surface area contributed by atoms with Crippen LogP contribution in [0.2, 0.25) is 0 Å². The Morgan fingerprint density at radius 1 is 1.50 bits per heavy atom. The maximum absolute atomic E-state index is 12.3. The molecular formula is C15H20O4S. The van der Waals surface area contributed by atoms with Gasteiger partial charge >= 0.3 is 0 Å². The van der Waals surface area contributed by atoms with E-state index in [1.54, 1.807) is 6.07 Å². The van der Waals surface area contributed by atoms with Gasteiger partial charge in [0.05, 0.1) is 29.8 Å². The molecule has 0 bridgehead atoms. The summed E-state index contributed by atoms with van der Waals surface area (Å²) in [5, 5.41) is -0.0459. The smallest absolute Gasteiger partial charge is 0.179 e. The van der Waals surface area contributed by atoms with Crippen molar-refractivity contribution in [2.75, 3.05) is 19.5 Å². The first-order chi connectivity index (χ1) is 9.52. The Balaban J connectivity index is 2.10. The van der Waals surface area contributed by atoms with Crippen LogP contribution >= 0.6 is 0 Å². The van der Waals surface area contributed by atoms with Crippen molar-refractivity contribution in [1.82, 2.24) is 0 Å². The molecule has 4 nitrogen and oxygen atoms in total. The van der Waals surface area contributed by atoms with Crippen LogP contribution in [0.5, 0.6) is 5.75 Å². The van der Waals surface area contributed by atoms with Crippen molar-refractivity contribution in [3.05, 3.63) is 29.3 Å². The summed E-state index contributed by atoms with van der Waals surface area (Å²) < 4.78 is 22.9. The number of ketones is 1. The first-order valence-corrected chi connectivity index (χ1v) is 8.07. The zero-order valence-electron chi connectivity index (χ0n) is 12.0. The van der Waals surface area contributed by atoms with Crippen molar-refractivity contribution >= 4 is 16.6 Å². The van der Waals surface area contributed by atoms with Crippen LogP contribution in [-0.2, 0) is 15.5 Å². The van der Waals surface area contributed by atoms with Gasteiger partial charge < -0.3 is 9.47 Å². The summed E-state index contributed by atoms with van der Waals surface area (Å²) in [5.41, 5.74) is 1.52. The molecule has 110 valence electrons. The molecule has 3 atom stereocenters. The maximum atomic E-state index is 12.3. The fourth-order valence-corrected chi connectivity index (χ4v) is 3.89. The number of benzene rings is 1. The van der Waals surface area contributed by atoms with Gasteiger partial charge in [-0.25, -0.2) is 0 Å². The number of carbonyl (C=O) groups excluding carboxylic acids is 1.